The summed E-state index contributed by atoms with van der Waals surface area (Å²) < 4.78 is 1.44. The molecule has 2 heterocycles. The minimum atomic E-state index is -0.512. The molecule has 2 N–H and O–H groups in total. The summed E-state index contributed by atoms with van der Waals surface area (Å²) in [6.07, 6.45) is 7.52. The van der Waals surface area contributed by atoms with Gasteiger partial charge in [-0.15, -0.1) is 0 Å². The molecule has 0 saturated heterocycles. The standard InChI is InChI=1S/C22H32N4O3/c1-5-11-26-18-17(20(28)25-21(26)29)12-14(13-23-18)19(27)24-16-9-7-15(8-10-16)22(3,4)6-2/h12-13,15-16H,5-11H2,1-4H3,(H,24,27)(H,25,28,29). The van der Waals surface area contributed by atoms with E-state index in [9.17, 15) is 14.4 Å². The van der Waals surface area contributed by atoms with Crippen LogP contribution in [0.4, 0.5) is 0 Å². The van der Waals surface area contributed by atoms with Gasteiger partial charge in [0.15, 0.2) is 0 Å². The van der Waals surface area contributed by atoms with E-state index in [2.05, 4.69) is 36.1 Å². The molecule has 1 aliphatic carbocycles. The Labute approximate surface area is 170 Å². The van der Waals surface area contributed by atoms with Gasteiger partial charge in [0, 0.05) is 18.8 Å². The second kappa shape index (κ2) is 8.51. The van der Waals surface area contributed by atoms with Crippen molar-refractivity contribution in [1.29, 1.82) is 0 Å². The van der Waals surface area contributed by atoms with Gasteiger partial charge >= 0.3 is 5.69 Å². The molecule has 1 saturated carbocycles. The maximum atomic E-state index is 12.7. The lowest BCUT2D eigenvalue weighted by atomic mass is 9.69. The van der Waals surface area contributed by atoms with Gasteiger partial charge in [-0.3, -0.25) is 19.1 Å². The predicted molar refractivity (Wildman–Crippen MR) is 114 cm³/mol. The van der Waals surface area contributed by atoms with Crippen LogP contribution < -0.4 is 16.6 Å². The van der Waals surface area contributed by atoms with Crippen LogP contribution in [0.2, 0.25) is 0 Å². The van der Waals surface area contributed by atoms with Gasteiger partial charge in [0.2, 0.25) is 0 Å². The van der Waals surface area contributed by atoms with Crippen molar-refractivity contribution >= 4 is 16.9 Å². The molecule has 0 atom stereocenters. The van der Waals surface area contributed by atoms with Crippen molar-refractivity contribution in [2.24, 2.45) is 11.3 Å². The Kier molecular flexibility index (Phi) is 6.24. The van der Waals surface area contributed by atoms with E-state index >= 15 is 0 Å². The molecular formula is C22H32N4O3. The number of aromatic nitrogens is 3. The van der Waals surface area contributed by atoms with Crippen molar-refractivity contribution in [1.82, 2.24) is 19.9 Å². The zero-order chi connectivity index (χ0) is 21.2. The number of carbonyl (C=O) groups excluding carboxylic acids is 1. The van der Waals surface area contributed by atoms with Crippen LogP contribution in [0.5, 0.6) is 0 Å². The zero-order valence-electron chi connectivity index (χ0n) is 17.9. The number of hydrogen-bond donors (Lipinski definition) is 2. The van der Waals surface area contributed by atoms with Crippen molar-refractivity contribution < 1.29 is 4.79 Å². The maximum Gasteiger partial charge on any atom is 0.329 e. The van der Waals surface area contributed by atoms with Gasteiger partial charge < -0.3 is 5.32 Å². The number of fused-ring (bicyclic) bond motifs is 1. The van der Waals surface area contributed by atoms with Crippen molar-refractivity contribution in [2.45, 2.75) is 78.8 Å². The monoisotopic (exact) mass is 400 g/mol. The zero-order valence-corrected chi connectivity index (χ0v) is 17.9. The average molecular weight is 401 g/mol. The van der Waals surface area contributed by atoms with Gasteiger partial charge in [-0.2, -0.15) is 0 Å². The first-order valence-electron chi connectivity index (χ1n) is 10.7. The Balaban J connectivity index is 1.75. The predicted octanol–water partition coefficient (Wildman–Crippen LogP) is 3.22. The molecule has 0 aliphatic heterocycles. The summed E-state index contributed by atoms with van der Waals surface area (Å²) in [5.41, 5.74) is 0.0230. The Hall–Kier alpha value is -2.44. The second-order valence-electron chi connectivity index (χ2n) is 8.87. The number of amides is 1. The number of aryl methyl sites for hydroxylation is 1. The van der Waals surface area contributed by atoms with Gasteiger partial charge in [-0.1, -0.05) is 34.1 Å². The molecule has 158 valence electrons. The number of hydrogen-bond acceptors (Lipinski definition) is 4. The molecule has 0 unspecified atom stereocenters. The van der Waals surface area contributed by atoms with Gasteiger partial charge in [0.05, 0.1) is 10.9 Å². The molecular weight excluding hydrogens is 368 g/mol. The molecule has 0 bridgehead atoms. The summed E-state index contributed by atoms with van der Waals surface area (Å²) in [4.78, 5) is 43.6. The van der Waals surface area contributed by atoms with Crippen LogP contribution in [-0.4, -0.2) is 26.5 Å². The fraction of sp³-hybridized carbons (Fsp3) is 0.636. The summed E-state index contributed by atoms with van der Waals surface area (Å²) in [6.45, 7) is 9.30. The minimum absolute atomic E-state index is 0.148. The van der Waals surface area contributed by atoms with Crippen LogP contribution in [0.15, 0.2) is 21.9 Å². The lowest BCUT2D eigenvalue weighted by Crippen LogP contribution is -2.40. The van der Waals surface area contributed by atoms with E-state index in [0.29, 0.717) is 29.1 Å². The summed E-state index contributed by atoms with van der Waals surface area (Å²) in [6, 6.07) is 1.68. The molecule has 1 aliphatic rings. The van der Waals surface area contributed by atoms with Crippen LogP contribution in [0, 0.1) is 11.3 Å². The van der Waals surface area contributed by atoms with E-state index < -0.39 is 11.2 Å². The maximum absolute atomic E-state index is 12.7. The van der Waals surface area contributed by atoms with Gasteiger partial charge in [-0.25, -0.2) is 9.78 Å². The van der Waals surface area contributed by atoms with E-state index in [0.717, 1.165) is 38.5 Å². The normalized spacial score (nSPS) is 20.0. The Morgan fingerprint density at radius 2 is 1.93 bits per heavy atom. The summed E-state index contributed by atoms with van der Waals surface area (Å²) in [5.74, 6) is 0.474. The van der Waals surface area contributed by atoms with Crippen LogP contribution in [0.1, 0.15) is 76.6 Å². The number of pyridine rings is 1. The molecule has 3 rings (SSSR count). The third kappa shape index (κ3) is 4.43. The fourth-order valence-corrected chi connectivity index (χ4v) is 4.30. The number of H-pyrrole nitrogens is 1. The van der Waals surface area contributed by atoms with Gasteiger partial charge in [-0.05, 0) is 49.5 Å². The van der Waals surface area contributed by atoms with Crippen molar-refractivity contribution in [2.75, 3.05) is 0 Å². The Bertz CT molecular complexity index is 997. The van der Waals surface area contributed by atoms with Crippen molar-refractivity contribution in [3.05, 3.63) is 38.7 Å². The largest absolute Gasteiger partial charge is 0.349 e. The van der Waals surface area contributed by atoms with E-state index in [1.54, 1.807) is 0 Å². The average Bonchev–Trinajstić information content (AvgIpc) is 2.71. The van der Waals surface area contributed by atoms with Crippen molar-refractivity contribution in [3.8, 4) is 0 Å². The highest BCUT2D eigenvalue weighted by atomic mass is 16.2. The highest BCUT2D eigenvalue weighted by molar-refractivity contribution is 5.96. The number of aromatic amines is 1. The van der Waals surface area contributed by atoms with Crippen LogP contribution in [-0.2, 0) is 6.54 Å². The molecule has 0 radical (unpaired) electrons. The Morgan fingerprint density at radius 3 is 2.55 bits per heavy atom. The van der Waals surface area contributed by atoms with E-state index in [1.165, 1.54) is 16.8 Å². The van der Waals surface area contributed by atoms with Gasteiger partial charge in [0.25, 0.3) is 11.5 Å². The topological polar surface area (TPSA) is 96.9 Å². The highest BCUT2D eigenvalue weighted by Gasteiger charge is 2.32. The summed E-state index contributed by atoms with van der Waals surface area (Å²) >= 11 is 0. The van der Waals surface area contributed by atoms with E-state index in [4.69, 9.17) is 0 Å². The first-order valence-corrected chi connectivity index (χ1v) is 10.7. The molecule has 1 fully saturated rings. The first-order chi connectivity index (χ1) is 13.8. The third-order valence-electron chi connectivity index (χ3n) is 6.62. The molecule has 2 aromatic rings. The fourth-order valence-electron chi connectivity index (χ4n) is 4.30. The quantitative estimate of drug-likeness (QED) is 0.778. The van der Waals surface area contributed by atoms with Gasteiger partial charge in [0.1, 0.15) is 5.65 Å². The molecule has 1 amide bonds. The van der Waals surface area contributed by atoms with Crippen LogP contribution >= 0.6 is 0 Å². The molecule has 7 nitrogen and oxygen atoms in total. The summed E-state index contributed by atoms with van der Waals surface area (Å²) in [5, 5.41) is 3.36. The number of nitrogens with one attached hydrogen (secondary N) is 2. The second-order valence-corrected chi connectivity index (χ2v) is 8.87. The number of nitrogens with zero attached hydrogens (tertiary/aromatic N) is 2. The smallest absolute Gasteiger partial charge is 0.329 e. The van der Waals surface area contributed by atoms with Crippen molar-refractivity contribution in [3.63, 3.8) is 0 Å². The highest BCUT2D eigenvalue weighted by Crippen LogP contribution is 2.40. The lowest BCUT2D eigenvalue weighted by molar-refractivity contribution is 0.0893. The first kappa shape index (κ1) is 21.3. The number of rotatable bonds is 6. The van der Waals surface area contributed by atoms with Crippen LogP contribution in [0.25, 0.3) is 11.0 Å². The lowest BCUT2D eigenvalue weighted by Gasteiger charge is -2.39. The SMILES string of the molecule is CCCn1c(=O)[nH]c(=O)c2cc(C(=O)NC3CCC(C(C)(C)CC)CC3)cnc21. The molecule has 29 heavy (non-hydrogen) atoms. The van der Waals surface area contributed by atoms with E-state index in [-0.39, 0.29) is 17.3 Å². The molecule has 0 spiro atoms. The summed E-state index contributed by atoms with van der Waals surface area (Å²) in [7, 11) is 0. The Morgan fingerprint density at radius 1 is 1.24 bits per heavy atom. The van der Waals surface area contributed by atoms with E-state index in [1.807, 2.05) is 6.92 Å². The van der Waals surface area contributed by atoms with Crippen LogP contribution in [0.3, 0.4) is 0 Å². The minimum Gasteiger partial charge on any atom is -0.349 e. The third-order valence-corrected chi connectivity index (χ3v) is 6.62. The number of carbonyl (C=O) groups is 1. The molecule has 0 aromatic carbocycles. The molecule has 2 aromatic heterocycles. The molecule has 7 heteroatoms.